The largest absolute Gasteiger partial charge is 0.573 e. The zero-order valence-corrected chi connectivity index (χ0v) is 17.0. The van der Waals surface area contributed by atoms with Crippen LogP contribution in [-0.2, 0) is 0 Å². The Hall–Kier alpha value is -4.00. The van der Waals surface area contributed by atoms with Gasteiger partial charge in [-0.1, -0.05) is 23.5 Å². The molecule has 164 valence electrons. The van der Waals surface area contributed by atoms with Crippen LogP contribution in [0.5, 0.6) is 5.75 Å². The van der Waals surface area contributed by atoms with Crippen LogP contribution in [0.1, 0.15) is 5.56 Å². The molecule has 0 spiro atoms. The molecule has 9 nitrogen and oxygen atoms in total. The summed E-state index contributed by atoms with van der Waals surface area (Å²) in [4.78, 5) is 23.4. The number of hydrogen-bond donors (Lipinski definition) is 2. The minimum atomic E-state index is -4.82. The highest BCUT2D eigenvalue weighted by molar-refractivity contribution is 7.22. The minimum Gasteiger partial charge on any atom is -0.406 e. The molecule has 0 unspecified atom stereocenters. The molecule has 0 bridgehead atoms. The zero-order chi connectivity index (χ0) is 22.9. The molecular formula is C19H13F3N6O3S. The number of aryl methyl sites for hydroxylation is 1. The lowest BCUT2D eigenvalue weighted by Gasteiger charge is -2.11. The summed E-state index contributed by atoms with van der Waals surface area (Å²) in [6.45, 7) is 1.91. The first-order valence-electron chi connectivity index (χ1n) is 8.95. The molecule has 4 rings (SSSR count). The Morgan fingerprint density at radius 1 is 1.06 bits per heavy atom. The average molecular weight is 462 g/mol. The summed E-state index contributed by atoms with van der Waals surface area (Å²) in [6, 6.07) is 10.4. The van der Waals surface area contributed by atoms with Crippen LogP contribution in [0.25, 0.3) is 10.2 Å². The molecule has 0 amide bonds. The van der Waals surface area contributed by atoms with Gasteiger partial charge in [-0.3, -0.25) is 10.1 Å². The summed E-state index contributed by atoms with van der Waals surface area (Å²) in [6.07, 6.45) is -3.70. The Morgan fingerprint density at radius 3 is 2.38 bits per heavy atom. The van der Waals surface area contributed by atoms with Crippen LogP contribution >= 0.6 is 11.3 Å². The van der Waals surface area contributed by atoms with E-state index in [0.29, 0.717) is 5.13 Å². The SMILES string of the molecule is Cc1cccc2sc(Nc3ncnc(Nc4ccc(OC(F)(F)F)cc4)c3[N+](=O)[O-])nc12. The van der Waals surface area contributed by atoms with Crippen LogP contribution in [0.2, 0.25) is 0 Å². The van der Waals surface area contributed by atoms with Gasteiger partial charge in [0.15, 0.2) is 5.13 Å². The van der Waals surface area contributed by atoms with Gasteiger partial charge in [0.2, 0.25) is 11.6 Å². The maximum Gasteiger partial charge on any atom is 0.573 e. The fraction of sp³-hybridized carbons (Fsp3) is 0.105. The molecule has 0 aliphatic heterocycles. The number of para-hydroxylation sites is 1. The van der Waals surface area contributed by atoms with E-state index < -0.39 is 22.7 Å². The predicted molar refractivity (Wildman–Crippen MR) is 113 cm³/mol. The number of fused-ring (bicyclic) bond motifs is 1. The summed E-state index contributed by atoms with van der Waals surface area (Å²) >= 11 is 1.31. The van der Waals surface area contributed by atoms with Gasteiger partial charge in [0.05, 0.1) is 15.1 Å². The van der Waals surface area contributed by atoms with Crippen molar-refractivity contribution in [1.82, 2.24) is 15.0 Å². The monoisotopic (exact) mass is 462 g/mol. The van der Waals surface area contributed by atoms with Gasteiger partial charge in [0.25, 0.3) is 0 Å². The number of benzene rings is 2. The van der Waals surface area contributed by atoms with E-state index >= 15 is 0 Å². The van der Waals surface area contributed by atoms with Gasteiger partial charge < -0.3 is 15.4 Å². The Kier molecular flexibility index (Phi) is 5.48. The maximum absolute atomic E-state index is 12.3. The van der Waals surface area contributed by atoms with Crippen molar-refractivity contribution in [2.24, 2.45) is 0 Å². The van der Waals surface area contributed by atoms with Crippen LogP contribution < -0.4 is 15.4 Å². The third kappa shape index (κ3) is 4.67. The highest BCUT2D eigenvalue weighted by atomic mass is 32.1. The number of thiazole rings is 1. The first-order valence-corrected chi connectivity index (χ1v) is 9.76. The second kappa shape index (κ2) is 8.26. The molecule has 0 atom stereocenters. The molecule has 0 saturated heterocycles. The van der Waals surface area contributed by atoms with E-state index in [-0.39, 0.29) is 17.3 Å². The number of nitrogens with zero attached hydrogens (tertiary/aromatic N) is 4. The molecule has 4 aromatic rings. The van der Waals surface area contributed by atoms with Gasteiger partial charge in [-0.05, 0) is 42.8 Å². The molecule has 2 aromatic heterocycles. The molecule has 0 saturated carbocycles. The first-order chi connectivity index (χ1) is 15.2. The third-order valence-electron chi connectivity index (χ3n) is 4.20. The normalized spacial score (nSPS) is 11.4. The van der Waals surface area contributed by atoms with Crippen molar-refractivity contribution < 1.29 is 22.8 Å². The van der Waals surface area contributed by atoms with Crippen LogP contribution in [0.3, 0.4) is 0 Å². The summed E-state index contributed by atoms with van der Waals surface area (Å²) < 4.78 is 41.6. The van der Waals surface area contributed by atoms with Crippen LogP contribution in [0.4, 0.5) is 41.3 Å². The van der Waals surface area contributed by atoms with Crippen molar-refractivity contribution in [3.8, 4) is 5.75 Å². The standard InChI is InChI=1S/C19H13F3N6O3S/c1-10-3-2-4-13-14(10)26-18(32-13)27-17-15(28(29)30)16(23-9-24-17)25-11-5-7-12(8-6-11)31-19(20,21)22/h2-9H,1H3,(H2,23,24,25,26,27). The number of rotatable bonds is 6. The molecule has 0 aliphatic rings. The lowest BCUT2D eigenvalue weighted by atomic mass is 10.2. The quantitative estimate of drug-likeness (QED) is 0.277. The van der Waals surface area contributed by atoms with E-state index in [0.717, 1.165) is 34.2 Å². The summed E-state index contributed by atoms with van der Waals surface area (Å²) in [5.41, 5.74) is 1.56. The fourth-order valence-corrected chi connectivity index (χ4v) is 3.80. The van der Waals surface area contributed by atoms with Crippen molar-refractivity contribution in [3.05, 3.63) is 64.5 Å². The molecule has 0 radical (unpaired) electrons. The number of nitro groups is 1. The van der Waals surface area contributed by atoms with Gasteiger partial charge in [-0.25, -0.2) is 15.0 Å². The third-order valence-corrected chi connectivity index (χ3v) is 5.14. The lowest BCUT2D eigenvalue weighted by Crippen LogP contribution is -2.17. The second-order valence-corrected chi connectivity index (χ2v) is 7.47. The molecule has 2 aromatic carbocycles. The first kappa shape index (κ1) is 21.2. The van der Waals surface area contributed by atoms with E-state index in [4.69, 9.17) is 0 Å². The number of ether oxygens (including phenoxy) is 1. The molecule has 13 heteroatoms. The van der Waals surface area contributed by atoms with E-state index in [1.165, 1.54) is 23.5 Å². The van der Waals surface area contributed by atoms with E-state index in [9.17, 15) is 23.3 Å². The van der Waals surface area contributed by atoms with Crippen molar-refractivity contribution >= 4 is 49.7 Å². The fourth-order valence-electron chi connectivity index (χ4n) is 2.85. The Morgan fingerprint density at radius 2 is 1.75 bits per heavy atom. The van der Waals surface area contributed by atoms with Gasteiger partial charge in [0, 0.05) is 5.69 Å². The van der Waals surface area contributed by atoms with Gasteiger partial charge in [-0.15, -0.1) is 13.2 Å². The van der Waals surface area contributed by atoms with Crippen LogP contribution in [0, 0.1) is 17.0 Å². The van der Waals surface area contributed by atoms with Crippen molar-refractivity contribution in [2.75, 3.05) is 10.6 Å². The van der Waals surface area contributed by atoms with Crippen molar-refractivity contribution in [3.63, 3.8) is 0 Å². The van der Waals surface area contributed by atoms with Gasteiger partial charge >= 0.3 is 12.0 Å². The summed E-state index contributed by atoms with van der Waals surface area (Å²) in [5, 5.41) is 17.7. The zero-order valence-electron chi connectivity index (χ0n) is 16.2. The van der Waals surface area contributed by atoms with E-state index in [2.05, 4.69) is 30.3 Å². The van der Waals surface area contributed by atoms with Crippen LogP contribution in [-0.4, -0.2) is 26.2 Å². The summed E-state index contributed by atoms with van der Waals surface area (Å²) in [5.74, 6) is -0.649. The van der Waals surface area contributed by atoms with Crippen molar-refractivity contribution in [2.45, 2.75) is 13.3 Å². The topological polar surface area (TPSA) is 115 Å². The minimum absolute atomic E-state index is 0.0822. The number of halogens is 3. The number of hydrogen-bond acceptors (Lipinski definition) is 9. The highest BCUT2D eigenvalue weighted by Gasteiger charge is 2.31. The summed E-state index contributed by atoms with van der Waals surface area (Å²) in [7, 11) is 0. The smallest absolute Gasteiger partial charge is 0.406 e. The second-order valence-electron chi connectivity index (χ2n) is 6.44. The van der Waals surface area contributed by atoms with Gasteiger partial charge in [0.1, 0.15) is 12.1 Å². The Bertz CT molecular complexity index is 1290. The number of nitrogens with one attached hydrogen (secondary N) is 2. The molecule has 2 heterocycles. The van der Waals surface area contributed by atoms with E-state index in [1.807, 2.05) is 25.1 Å². The molecular weight excluding hydrogens is 449 g/mol. The predicted octanol–water partition coefficient (Wildman–Crippen LogP) is 5.69. The molecule has 2 N–H and O–H groups in total. The number of anilines is 4. The number of aromatic nitrogens is 3. The maximum atomic E-state index is 12.3. The van der Waals surface area contributed by atoms with Crippen LogP contribution in [0.15, 0.2) is 48.8 Å². The molecule has 0 fully saturated rings. The lowest BCUT2D eigenvalue weighted by molar-refractivity contribution is -0.383. The average Bonchev–Trinajstić information content (AvgIpc) is 3.12. The van der Waals surface area contributed by atoms with Crippen molar-refractivity contribution in [1.29, 1.82) is 0 Å². The number of alkyl halides is 3. The Balaban J connectivity index is 1.62. The molecule has 0 aliphatic carbocycles. The molecule has 32 heavy (non-hydrogen) atoms. The van der Waals surface area contributed by atoms with E-state index in [1.54, 1.807) is 0 Å². The Labute approximate surface area is 182 Å². The highest BCUT2D eigenvalue weighted by Crippen LogP contribution is 2.36. The van der Waals surface area contributed by atoms with Gasteiger partial charge in [-0.2, -0.15) is 0 Å².